The Morgan fingerprint density at radius 1 is 1.42 bits per heavy atom. The van der Waals surface area contributed by atoms with Crippen LogP contribution in [0.4, 0.5) is 0 Å². The van der Waals surface area contributed by atoms with Gasteiger partial charge < -0.3 is 10.1 Å². The van der Waals surface area contributed by atoms with Gasteiger partial charge in [0.15, 0.2) is 0 Å². The second kappa shape index (κ2) is 6.82. The average molecular weight is 282 g/mol. The van der Waals surface area contributed by atoms with Gasteiger partial charge in [0, 0.05) is 30.5 Å². The van der Waals surface area contributed by atoms with Crippen LogP contribution in [-0.4, -0.2) is 18.1 Å². The maximum atomic E-state index is 5.29. The number of thiazole rings is 1. The summed E-state index contributed by atoms with van der Waals surface area (Å²) < 4.78 is 5.29. The van der Waals surface area contributed by atoms with Crippen molar-refractivity contribution in [2.45, 2.75) is 65.1 Å². The molecule has 19 heavy (non-hydrogen) atoms. The number of ether oxygens (including phenoxy) is 1. The molecule has 0 spiro atoms. The molecule has 1 aromatic rings. The second-order valence-electron chi connectivity index (χ2n) is 6.01. The third-order valence-corrected chi connectivity index (χ3v) is 5.05. The summed E-state index contributed by atoms with van der Waals surface area (Å²) >= 11 is 1.89. The molecular weight excluding hydrogens is 256 g/mol. The highest BCUT2D eigenvalue weighted by molar-refractivity contribution is 7.11. The average Bonchev–Trinajstić information content (AvgIpc) is 2.94. The Morgan fingerprint density at radius 2 is 2.21 bits per heavy atom. The van der Waals surface area contributed by atoms with Crippen LogP contribution in [0.2, 0.25) is 0 Å². The van der Waals surface area contributed by atoms with E-state index in [1.807, 2.05) is 11.3 Å². The van der Waals surface area contributed by atoms with Gasteiger partial charge in [0.05, 0.1) is 17.3 Å². The molecule has 1 saturated carbocycles. The number of methoxy groups -OCH3 is 1. The number of aromatic nitrogens is 1. The molecule has 1 aliphatic rings. The molecule has 108 valence electrons. The van der Waals surface area contributed by atoms with E-state index in [2.05, 4.69) is 26.1 Å². The molecule has 2 atom stereocenters. The van der Waals surface area contributed by atoms with Crippen LogP contribution in [-0.2, 0) is 17.9 Å². The van der Waals surface area contributed by atoms with E-state index in [9.17, 15) is 0 Å². The summed E-state index contributed by atoms with van der Waals surface area (Å²) in [7, 11) is 1.75. The first-order chi connectivity index (χ1) is 9.10. The lowest BCUT2D eigenvalue weighted by atomic mass is 10.1. The van der Waals surface area contributed by atoms with Gasteiger partial charge >= 0.3 is 0 Å². The Hall–Kier alpha value is -0.450. The highest BCUT2D eigenvalue weighted by Gasteiger charge is 2.26. The molecule has 1 fully saturated rings. The summed E-state index contributed by atoms with van der Waals surface area (Å²) in [4.78, 5) is 6.20. The van der Waals surface area contributed by atoms with Crippen molar-refractivity contribution in [2.75, 3.05) is 7.11 Å². The molecule has 0 radical (unpaired) electrons. The third kappa shape index (κ3) is 4.01. The van der Waals surface area contributed by atoms with Gasteiger partial charge in [-0.05, 0) is 18.8 Å². The maximum absolute atomic E-state index is 5.29. The van der Waals surface area contributed by atoms with Crippen LogP contribution < -0.4 is 5.32 Å². The summed E-state index contributed by atoms with van der Waals surface area (Å²) in [6.07, 6.45) is 3.96. The van der Waals surface area contributed by atoms with Crippen molar-refractivity contribution in [1.29, 1.82) is 0 Å². The monoisotopic (exact) mass is 282 g/mol. The summed E-state index contributed by atoms with van der Waals surface area (Å²) in [6, 6.07) is 0.507. The number of rotatable bonds is 6. The molecule has 1 aliphatic carbocycles. The van der Waals surface area contributed by atoms with Crippen molar-refractivity contribution >= 4 is 11.3 Å². The van der Waals surface area contributed by atoms with Crippen LogP contribution in [0.5, 0.6) is 0 Å². The van der Waals surface area contributed by atoms with E-state index >= 15 is 0 Å². The molecule has 1 aromatic heterocycles. The van der Waals surface area contributed by atoms with E-state index in [4.69, 9.17) is 9.72 Å². The van der Waals surface area contributed by atoms with Crippen molar-refractivity contribution in [3.8, 4) is 0 Å². The van der Waals surface area contributed by atoms with E-state index in [-0.39, 0.29) is 0 Å². The van der Waals surface area contributed by atoms with Gasteiger partial charge in [0.2, 0.25) is 0 Å². The maximum Gasteiger partial charge on any atom is 0.0963 e. The summed E-state index contributed by atoms with van der Waals surface area (Å²) in [5, 5.41) is 4.82. The van der Waals surface area contributed by atoms with E-state index < -0.39 is 0 Å². The minimum atomic E-state index is 0.507. The third-order valence-electron chi connectivity index (χ3n) is 3.79. The Balaban J connectivity index is 2.09. The number of nitrogens with one attached hydrogen (secondary N) is 1. The Bertz CT molecular complexity index is 403. The first-order valence-electron chi connectivity index (χ1n) is 7.31. The zero-order valence-corrected chi connectivity index (χ0v) is 13.3. The lowest BCUT2D eigenvalue weighted by molar-refractivity contribution is 0.181. The normalized spacial score (nSPS) is 23.4. The van der Waals surface area contributed by atoms with Crippen LogP contribution in [0.3, 0.4) is 0 Å². The second-order valence-corrected chi connectivity index (χ2v) is 7.12. The highest BCUT2D eigenvalue weighted by atomic mass is 32.1. The van der Waals surface area contributed by atoms with Crippen molar-refractivity contribution in [3.05, 3.63) is 15.6 Å². The fourth-order valence-corrected chi connectivity index (χ4v) is 3.86. The van der Waals surface area contributed by atoms with E-state index in [0.29, 0.717) is 18.6 Å². The van der Waals surface area contributed by atoms with Crippen molar-refractivity contribution in [1.82, 2.24) is 10.3 Å². The van der Waals surface area contributed by atoms with Crippen molar-refractivity contribution < 1.29 is 4.74 Å². The fourth-order valence-electron chi connectivity index (χ4n) is 2.69. The summed E-state index contributed by atoms with van der Waals surface area (Å²) in [6.45, 7) is 8.25. The lowest BCUT2D eigenvalue weighted by Crippen LogP contribution is -2.21. The molecule has 0 aliphatic heterocycles. The fraction of sp³-hybridized carbons (Fsp3) is 0.800. The van der Waals surface area contributed by atoms with E-state index in [1.54, 1.807) is 7.11 Å². The van der Waals surface area contributed by atoms with Crippen LogP contribution >= 0.6 is 11.3 Å². The molecule has 2 unspecified atom stereocenters. The first kappa shape index (κ1) is 14.9. The predicted octanol–water partition coefficient (Wildman–Crippen LogP) is 3.69. The van der Waals surface area contributed by atoms with Crippen LogP contribution in [0, 0.1) is 5.92 Å². The quantitative estimate of drug-likeness (QED) is 0.864. The molecule has 0 aromatic carbocycles. The van der Waals surface area contributed by atoms with Crippen LogP contribution in [0.15, 0.2) is 0 Å². The molecule has 2 rings (SSSR count). The van der Waals surface area contributed by atoms with Crippen molar-refractivity contribution in [2.24, 2.45) is 5.92 Å². The van der Waals surface area contributed by atoms with E-state index in [0.717, 1.165) is 18.2 Å². The van der Waals surface area contributed by atoms with E-state index in [1.165, 1.54) is 29.1 Å². The van der Waals surface area contributed by atoms with Crippen LogP contribution in [0.1, 0.15) is 61.5 Å². The molecule has 3 nitrogen and oxygen atoms in total. The minimum absolute atomic E-state index is 0.507. The van der Waals surface area contributed by atoms with Gasteiger partial charge in [0.1, 0.15) is 0 Å². The zero-order chi connectivity index (χ0) is 13.8. The first-order valence-corrected chi connectivity index (χ1v) is 8.12. The van der Waals surface area contributed by atoms with Gasteiger partial charge in [-0.2, -0.15) is 0 Å². The predicted molar refractivity (Wildman–Crippen MR) is 80.6 cm³/mol. The van der Waals surface area contributed by atoms with Crippen LogP contribution in [0.25, 0.3) is 0 Å². The molecular formula is C15H26N2OS. The molecule has 0 bridgehead atoms. The minimum Gasteiger partial charge on any atom is -0.378 e. The van der Waals surface area contributed by atoms with Gasteiger partial charge in [0.25, 0.3) is 0 Å². The summed E-state index contributed by atoms with van der Waals surface area (Å²) in [5.74, 6) is 1.54. The standard InChI is InChI=1S/C15H26N2OS/c1-10(2)16-8-14-13(9-18-4)17-15(19-14)12-6-5-11(3)7-12/h10-12,16H,5-9H2,1-4H3. The largest absolute Gasteiger partial charge is 0.378 e. The highest BCUT2D eigenvalue weighted by Crippen LogP contribution is 2.40. The SMILES string of the molecule is COCc1nc(C2CCC(C)C2)sc1CNC(C)C. The molecule has 1 N–H and O–H groups in total. The van der Waals surface area contributed by atoms with Gasteiger partial charge in [-0.3, -0.25) is 0 Å². The molecule has 1 heterocycles. The molecule has 0 saturated heterocycles. The Morgan fingerprint density at radius 3 is 2.79 bits per heavy atom. The van der Waals surface area contributed by atoms with Gasteiger partial charge in [-0.15, -0.1) is 11.3 Å². The smallest absolute Gasteiger partial charge is 0.0963 e. The number of hydrogen-bond acceptors (Lipinski definition) is 4. The van der Waals surface area contributed by atoms with Crippen molar-refractivity contribution in [3.63, 3.8) is 0 Å². The number of nitrogens with zero attached hydrogens (tertiary/aromatic N) is 1. The molecule has 4 heteroatoms. The summed E-state index contributed by atoms with van der Waals surface area (Å²) in [5.41, 5.74) is 1.13. The Labute approximate surface area is 120 Å². The Kier molecular flexibility index (Phi) is 5.37. The van der Waals surface area contributed by atoms with Gasteiger partial charge in [-0.25, -0.2) is 4.98 Å². The molecule has 0 amide bonds. The van der Waals surface area contributed by atoms with Gasteiger partial charge in [-0.1, -0.05) is 27.2 Å². The topological polar surface area (TPSA) is 34.1 Å². The lowest BCUT2D eigenvalue weighted by Gasteiger charge is -2.07. The number of hydrogen-bond donors (Lipinski definition) is 1. The zero-order valence-electron chi connectivity index (χ0n) is 12.5.